The Kier molecular flexibility index (Phi) is 36.8. The molecular formula is C96H107Cl3N10O34. The molecule has 143 heavy (non-hydrogen) atoms. The number of aryl methyl sites for hydroxylation is 1. The number of amides is 4. The number of esters is 7. The molecule has 13 rings (SSSR count). The molecule has 0 bridgehead atoms. The number of nitro benzene ring substituents is 2. The fourth-order valence-corrected chi connectivity index (χ4v) is 17.8. The van der Waals surface area contributed by atoms with Gasteiger partial charge in [0.1, 0.15) is 54.7 Å². The summed E-state index contributed by atoms with van der Waals surface area (Å²) in [5.74, 6) is -6.09. The third-order valence-electron chi connectivity index (χ3n) is 23.8. The highest BCUT2D eigenvalue weighted by molar-refractivity contribution is 6.32. The number of hydrogen-bond acceptors (Lipinski definition) is 36. The third-order valence-corrected chi connectivity index (χ3v) is 24.5. The number of likely N-dealkylation sites (N-methyl/N-ethyl adjacent to an activating group) is 1. The van der Waals surface area contributed by atoms with Crippen LogP contribution in [0.5, 0.6) is 23.0 Å². The molecule has 766 valence electrons. The Morgan fingerprint density at radius 1 is 0.476 bits per heavy atom. The number of hydrogen-bond donors (Lipinski definition) is 3. The number of nitrogens with zero attached hydrogens (tertiary/aromatic N) is 7. The van der Waals surface area contributed by atoms with Crippen molar-refractivity contribution in [2.75, 3.05) is 33.2 Å². The molecule has 3 unspecified atom stereocenters. The lowest BCUT2D eigenvalue weighted by Gasteiger charge is -2.48. The van der Waals surface area contributed by atoms with Crippen LogP contribution in [0.25, 0.3) is 44.6 Å². The van der Waals surface area contributed by atoms with Gasteiger partial charge in [0.05, 0.1) is 67.1 Å². The first-order chi connectivity index (χ1) is 68.0. The van der Waals surface area contributed by atoms with Gasteiger partial charge in [-0.2, -0.15) is 0 Å². The Labute approximate surface area is 831 Å². The molecule has 8 aromatic rings. The van der Waals surface area contributed by atoms with Gasteiger partial charge >= 0.3 is 77.5 Å². The molecule has 4 amide bonds. The summed E-state index contributed by atoms with van der Waals surface area (Å²) >= 11 is 18.5. The van der Waals surface area contributed by atoms with E-state index in [2.05, 4.69) is 25.3 Å². The van der Waals surface area contributed by atoms with Crippen LogP contribution < -0.4 is 35.4 Å². The molecule has 6 aromatic carbocycles. The number of nitro groups is 2. The van der Waals surface area contributed by atoms with E-state index in [-0.39, 0.29) is 94.3 Å². The number of H-pyrrole nitrogens is 2. The fourth-order valence-electron chi connectivity index (χ4n) is 17.3. The lowest BCUT2D eigenvalue weighted by Crippen LogP contribution is -2.65. The van der Waals surface area contributed by atoms with Gasteiger partial charge in [0, 0.05) is 115 Å². The molecule has 2 aromatic heterocycles. The van der Waals surface area contributed by atoms with Gasteiger partial charge in [0.15, 0.2) is 42.2 Å². The van der Waals surface area contributed by atoms with E-state index in [1.807, 2.05) is 13.8 Å². The molecule has 5 saturated heterocycles. The summed E-state index contributed by atoms with van der Waals surface area (Å²) in [5.41, 5.74) is 0.544. The maximum absolute atomic E-state index is 13.8. The van der Waals surface area contributed by atoms with Crippen LogP contribution in [0.1, 0.15) is 151 Å². The first kappa shape index (κ1) is 108. The van der Waals surface area contributed by atoms with Gasteiger partial charge in [-0.3, -0.25) is 63.4 Å². The number of halogens is 3. The molecule has 44 nitrogen and oxygen atoms in total. The minimum absolute atomic E-state index is 0.0476. The van der Waals surface area contributed by atoms with E-state index in [0.29, 0.717) is 77.2 Å². The van der Waals surface area contributed by atoms with Crippen LogP contribution in [0.15, 0.2) is 119 Å². The second kappa shape index (κ2) is 48.7. The first-order valence-corrected chi connectivity index (χ1v) is 47.0. The van der Waals surface area contributed by atoms with Gasteiger partial charge in [0.25, 0.3) is 11.1 Å². The highest BCUT2D eigenvalue weighted by Crippen LogP contribution is 2.43. The fraction of sp³-hybridized carbons (Fsp3) is 0.469. The number of aromatic nitrogens is 4. The average Bonchev–Trinajstić information content (AvgIpc) is 0.772. The van der Waals surface area contributed by atoms with Gasteiger partial charge in [0.2, 0.25) is 24.8 Å². The molecule has 5 aliphatic heterocycles. The summed E-state index contributed by atoms with van der Waals surface area (Å²) in [6.45, 7) is 16.5. The van der Waals surface area contributed by atoms with E-state index in [4.69, 9.17) is 115 Å². The molecule has 17 atom stereocenters. The predicted octanol–water partition coefficient (Wildman–Crippen LogP) is 13.9. The van der Waals surface area contributed by atoms with Gasteiger partial charge in [-0.25, -0.2) is 29.1 Å². The first-order valence-electron chi connectivity index (χ1n) is 45.8. The van der Waals surface area contributed by atoms with Crippen LogP contribution in [0.4, 0.5) is 30.6 Å². The SMILES string of the molecule is CC[C@H]1OC(O[C@H]2[C@H](OC(C)=O)[C@@H](OC(C)=O)[C@H](Oc3ccc(COC(=O)NCC4CCCCN4C(=O)Oc4ccc(Cl)cc4-c4nc5ccc(Cl)cc5c(=O)[nH]4)cc3[N+](=O)[O-])O[C@@H]2CC)[C@H](OC(C)=O)[C@@H](OC(C)=O)[C@@H]1C.CC[C@H]1O[C@@H](Oc2ccc(COC(=O)N(C)CC3CCCCN3C(=O)Oc3ccc(C)cc3-c3nc4ccc(Cl)cc4c(=O)[nH]3)cc2[N+](=O)[O-])[C@H](OC(C)=O)[C@@H](OC(C)=O)[C@H]1OC(C)=O. The van der Waals surface area contributed by atoms with Crippen LogP contribution >= 0.6 is 34.8 Å². The van der Waals surface area contributed by atoms with Gasteiger partial charge in [-0.15, -0.1) is 0 Å². The normalized spacial score (nSPS) is 23.0. The minimum Gasteiger partial charge on any atom is -0.458 e. The minimum atomic E-state index is -1.67. The number of carbonyl (C=O) groups is 11. The molecule has 0 radical (unpaired) electrons. The van der Waals surface area contributed by atoms with Crippen molar-refractivity contribution in [1.29, 1.82) is 0 Å². The smallest absolute Gasteiger partial charge is 0.415 e. The topological polar surface area (TPSA) is 544 Å². The number of rotatable bonds is 30. The summed E-state index contributed by atoms with van der Waals surface area (Å²) in [4.78, 5) is 209. The monoisotopic (exact) mass is 2050 g/mol. The molecule has 0 spiro atoms. The van der Waals surface area contributed by atoms with E-state index < -0.39 is 209 Å². The van der Waals surface area contributed by atoms with Crippen LogP contribution in [0.2, 0.25) is 15.1 Å². The van der Waals surface area contributed by atoms with Crippen LogP contribution in [-0.2, 0) is 108 Å². The Bertz CT molecular complexity index is 6230. The second-order valence-electron chi connectivity index (χ2n) is 34.3. The molecule has 7 heterocycles. The van der Waals surface area contributed by atoms with Gasteiger partial charge in [-0.05, 0) is 155 Å². The van der Waals surface area contributed by atoms with E-state index in [1.165, 1.54) is 83.3 Å². The number of aromatic amines is 2. The Morgan fingerprint density at radius 3 is 1.36 bits per heavy atom. The Hall–Kier alpha value is -13.9. The van der Waals surface area contributed by atoms with Crippen molar-refractivity contribution in [3.63, 3.8) is 0 Å². The van der Waals surface area contributed by atoms with E-state index in [1.54, 1.807) is 63.2 Å². The number of nitrogens with one attached hydrogen (secondary N) is 3. The van der Waals surface area contributed by atoms with Crippen molar-refractivity contribution in [3.05, 3.63) is 182 Å². The summed E-state index contributed by atoms with van der Waals surface area (Å²) in [5, 5.41) is 29.1. The lowest BCUT2D eigenvalue weighted by molar-refractivity contribution is -0.387. The van der Waals surface area contributed by atoms with Crippen LogP contribution in [-0.4, -0.2) is 242 Å². The Balaban J connectivity index is 0.000000259. The van der Waals surface area contributed by atoms with Crippen LogP contribution in [0, 0.1) is 33.1 Å². The molecule has 0 saturated carbocycles. The number of likely N-dealkylation sites (tertiary alicyclic amines) is 2. The zero-order chi connectivity index (χ0) is 104. The number of carbonyl (C=O) groups excluding carboxylic acids is 11. The van der Waals surface area contributed by atoms with E-state index >= 15 is 0 Å². The van der Waals surface area contributed by atoms with Gasteiger partial charge < -0.3 is 111 Å². The van der Waals surface area contributed by atoms with E-state index in [0.717, 1.165) is 72.1 Å². The number of ether oxygens (including phenoxy) is 17. The molecule has 47 heteroatoms. The number of fused-ring (bicyclic) bond motifs is 2. The largest absolute Gasteiger partial charge is 0.458 e. The second-order valence-corrected chi connectivity index (χ2v) is 35.6. The number of piperidine rings is 2. The third kappa shape index (κ3) is 27.7. The van der Waals surface area contributed by atoms with E-state index in [9.17, 15) is 82.6 Å². The molecule has 5 aliphatic rings. The van der Waals surface area contributed by atoms with Crippen LogP contribution in [0.3, 0.4) is 0 Å². The van der Waals surface area contributed by atoms with Crippen molar-refractivity contribution in [1.82, 2.24) is 40.0 Å². The lowest BCUT2D eigenvalue weighted by atomic mass is 9.88. The van der Waals surface area contributed by atoms with Crippen molar-refractivity contribution in [2.24, 2.45) is 5.92 Å². The molecule has 3 N–H and O–H groups in total. The molecule has 0 aliphatic carbocycles. The van der Waals surface area contributed by atoms with Crippen molar-refractivity contribution in [3.8, 4) is 45.8 Å². The molecular weight excluding hydrogens is 1940 g/mol. The zero-order valence-electron chi connectivity index (χ0n) is 80.0. The maximum Gasteiger partial charge on any atom is 0.415 e. The number of benzene rings is 6. The highest BCUT2D eigenvalue weighted by Gasteiger charge is 2.57. The summed E-state index contributed by atoms with van der Waals surface area (Å²) in [6.07, 6.45) is -16.6. The Morgan fingerprint density at radius 2 is 0.874 bits per heavy atom. The van der Waals surface area contributed by atoms with Crippen molar-refractivity contribution < 1.29 is 143 Å². The standard InChI is InChI=1S/C52H59Cl2N5O19.C44H48ClN5O15/c1-8-38-25(3)42(70-26(4)60)45(72-28(6)62)50(74-38)78-43-39(9-2)75-49(46(73-29(7)63)44(43)71-27(5)61)76-41-17-13-30(20-37(41)59(67)68)24-69-51(65)55-23-33-12-10-11-19-58(33)52(66)77-40-18-15-32(54)22-35(40)47-56-36-16-14-31(53)21-34(36)48(64)57-47;1-7-34-37(60-24(3)51)38(61-25(4)52)39(62-26(5)53)42(63-34)64-36-16-12-27(19-33(36)50(57)58)22-59-43(55)48(6)21-29-10-8-9-17-49(29)44(56)65-35-15-11-23(2)18-31(35)40-46-32-14-13-28(45)20-30(32)41(54)47-40/h13-18,20-22,25,33,38-39,42-46,49-50H,8-12,19,23-24H2,1-7H3,(H,55,65)(H,56,57,64);11-16,18-20,29,34,37-39,42H,7-10,17,21-22H2,1-6H3,(H,46,47,54)/t25-,33?,38-,39-,42+,43-,44+,45-,46-,49+,50?;29?,34-,37+,38+,39-,42+/m11/s1. The maximum atomic E-state index is 13.8. The number of alkyl carbamates (subject to hydrolysis) is 1. The van der Waals surface area contributed by atoms with Crippen molar-refractivity contribution in [2.45, 2.75) is 252 Å². The summed E-state index contributed by atoms with van der Waals surface area (Å²) in [7, 11) is 1.50. The summed E-state index contributed by atoms with van der Waals surface area (Å²) in [6, 6.07) is 25.5. The zero-order valence-corrected chi connectivity index (χ0v) is 82.2. The average molecular weight is 2050 g/mol. The van der Waals surface area contributed by atoms with Gasteiger partial charge in [-0.1, -0.05) is 86.3 Å². The predicted molar refractivity (Wildman–Crippen MR) is 504 cm³/mol. The molecule has 5 fully saturated rings. The quantitative estimate of drug-likeness (QED) is 0.0163. The summed E-state index contributed by atoms with van der Waals surface area (Å²) < 4.78 is 98.8. The highest BCUT2D eigenvalue weighted by atomic mass is 35.5. The van der Waals surface area contributed by atoms with Crippen molar-refractivity contribution >= 4 is 134 Å².